The summed E-state index contributed by atoms with van der Waals surface area (Å²) in [7, 11) is 0. The number of hydrogen-bond acceptors (Lipinski definition) is 5. The van der Waals surface area contributed by atoms with E-state index in [0.29, 0.717) is 5.69 Å². The number of aromatic amines is 2. The third-order valence-corrected chi connectivity index (χ3v) is 2.71. The molecule has 3 aromatic rings. The third-order valence-electron chi connectivity index (χ3n) is 2.71. The van der Waals surface area contributed by atoms with Gasteiger partial charge in [-0.1, -0.05) is 12.1 Å². The number of aromatic nitrogens is 5. The quantitative estimate of drug-likeness (QED) is 0.561. The van der Waals surface area contributed by atoms with Gasteiger partial charge in [0.1, 0.15) is 0 Å². The van der Waals surface area contributed by atoms with E-state index in [1.807, 2.05) is 12.1 Å². The van der Waals surface area contributed by atoms with Crippen LogP contribution in [0.3, 0.4) is 0 Å². The molecule has 0 amide bonds. The maximum absolute atomic E-state index is 11.6. The molecule has 1 aromatic carbocycles. The highest BCUT2D eigenvalue weighted by Gasteiger charge is 2.08. The molecule has 0 radical (unpaired) electrons. The van der Waals surface area contributed by atoms with Crippen LogP contribution in [0.1, 0.15) is 0 Å². The average Bonchev–Trinajstić information content (AvgIpc) is 2.88. The minimum atomic E-state index is -0.665. The summed E-state index contributed by atoms with van der Waals surface area (Å²) in [4.78, 5) is 24.6. The number of nitrogens with one attached hydrogen (secondary N) is 2. The Morgan fingerprint density at radius 1 is 1.20 bits per heavy atom. The second kappa shape index (κ2) is 4.50. The monoisotopic (exact) mass is 270 g/mol. The molecule has 0 aliphatic heterocycles. The third kappa shape index (κ3) is 2.09. The number of nitrogens with two attached hydrogens (primary N) is 1. The second-order valence-corrected chi connectivity index (χ2v) is 4.13. The van der Waals surface area contributed by atoms with Crippen LogP contribution >= 0.6 is 0 Å². The van der Waals surface area contributed by atoms with Crippen molar-refractivity contribution < 1.29 is 0 Å². The summed E-state index contributed by atoms with van der Waals surface area (Å²) in [6.07, 6.45) is 3.21. The standard InChI is InChI=1S/C12H10N6O2/c13-9-3-1-2-7(4-9)8-5-14-18(6-8)10-11(19)15-12(20)17-16-10/h1-6H,13H2,(H2,15,17,19,20). The summed E-state index contributed by atoms with van der Waals surface area (Å²) in [6.45, 7) is 0. The average molecular weight is 270 g/mol. The minimum Gasteiger partial charge on any atom is -0.399 e. The van der Waals surface area contributed by atoms with Crippen molar-refractivity contribution in [1.82, 2.24) is 25.0 Å². The first-order valence-electron chi connectivity index (χ1n) is 5.73. The molecule has 0 aliphatic carbocycles. The maximum Gasteiger partial charge on any atom is 0.342 e. The molecule has 0 spiro atoms. The van der Waals surface area contributed by atoms with Gasteiger partial charge in [-0.3, -0.25) is 9.78 Å². The van der Waals surface area contributed by atoms with E-state index in [1.165, 1.54) is 4.68 Å². The van der Waals surface area contributed by atoms with Crippen LogP contribution in [0, 0.1) is 0 Å². The largest absolute Gasteiger partial charge is 0.399 e. The van der Waals surface area contributed by atoms with Gasteiger partial charge in [-0.2, -0.15) is 5.10 Å². The molecule has 3 rings (SSSR count). The van der Waals surface area contributed by atoms with E-state index in [2.05, 4.69) is 20.3 Å². The maximum atomic E-state index is 11.6. The number of nitrogens with zero attached hydrogens (tertiary/aromatic N) is 3. The highest BCUT2D eigenvalue weighted by atomic mass is 16.2. The Kier molecular flexibility index (Phi) is 2.68. The van der Waals surface area contributed by atoms with Crippen molar-refractivity contribution in [2.24, 2.45) is 0 Å². The Labute approximate surface area is 111 Å². The molecule has 100 valence electrons. The Morgan fingerprint density at radius 2 is 2.05 bits per heavy atom. The van der Waals surface area contributed by atoms with Gasteiger partial charge in [0.25, 0.3) is 5.56 Å². The van der Waals surface area contributed by atoms with Crippen LogP contribution in [0.4, 0.5) is 5.69 Å². The summed E-state index contributed by atoms with van der Waals surface area (Å²) >= 11 is 0. The lowest BCUT2D eigenvalue weighted by molar-refractivity contribution is 0.766. The van der Waals surface area contributed by atoms with Crippen molar-refractivity contribution in [3.05, 3.63) is 57.5 Å². The number of benzene rings is 1. The first kappa shape index (κ1) is 11.9. The van der Waals surface area contributed by atoms with Gasteiger partial charge in [0.05, 0.1) is 6.20 Å². The fourth-order valence-electron chi connectivity index (χ4n) is 1.80. The van der Waals surface area contributed by atoms with E-state index in [-0.39, 0.29) is 5.82 Å². The van der Waals surface area contributed by atoms with Crippen molar-refractivity contribution in [3.63, 3.8) is 0 Å². The SMILES string of the molecule is Nc1cccc(-c2cnn(-c3n[nH]c(=O)[nH]c3=O)c2)c1. The molecule has 0 saturated heterocycles. The van der Waals surface area contributed by atoms with Gasteiger partial charge in [-0.05, 0) is 17.7 Å². The molecule has 0 saturated carbocycles. The van der Waals surface area contributed by atoms with E-state index in [9.17, 15) is 9.59 Å². The molecule has 2 aromatic heterocycles. The minimum absolute atomic E-state index is 0.0141. The zero-order chi connectivity index (χ0) is 14.1. The van der Waals surface area contributed by atoms with Crippen LogP contribution in [0.15, 0.2) is 46.2 Å². The van der Waals surface area contributed by atoms with Gasteiger partial charge < -0.3 is 5.73 Å². The number of anilines is 1. The first-order valence-corrected chi connectivity index (χ1v) is 5.73. The van der Waals surface area contributed by atoms with E-state index in [4.69, 9.17) is 5.73 Å². The molecule has 0 bridgehead atoms. The van der Waals surface area contributed by atoms with Crippen LogP contribution < -0.4 is 17.0 Å². The summed E-state index contributed by atoms with van der Waals surface area (Å²) in [5, 5.41) is 9.88. The molecule has 8 heteroatoms. The van der Waals surface area contributed by atoms with Gasteiger partial charge in [-0.25, -0.2) is 14.6 Å². The zero-order valence-electron chi connectivity index (χ0n) is 10.2. The fraction of sp³-hybridized carbons (Fsp3) is 0. The summed E-state index contributed by atoms with van der Waals surface area (Å²) in [5.41, 5.74) is 6.73. The van der Waals surface area contributed by atoms with Crippen molar-refractivity contribution in [1.29, 1.82) is 0 Å². The Bertz CT molecular complexity index is 876. The van der Waals surface area contributed by atoms with Gasteiger partial charge in [0, 0.05) is 17.4 Å². The van der Waals surface area contributed by atoms with Gasteiger partial charge >= 0.3 is 5.69 Å². The van der Waals surface area contributed by atoms with Crippen molar-refractivity contribution in [3.8, 4) is 16.9 Å². The Balaban J connectivity index is 2.06. The molecule has 20 heavy (non-hydrogen) atoms. The van der Waals surface area contributed by atoms with Crippen molar-refractivity contribution >= 4 is 5.69 Å². The molecule has 2 heterocycles. The van der Waals surface area contributed by atoms with Crippen LogP contribution in [-0.4, -0.2) is 25.0 Å². The van der Waals surface area contributed by atoms with Crippen molar-refractivity contribution in [2.75, 3.05) is 5.73 Å². The lowest BCUT2D eigenvalue weighted by atomic mass is 10.1. The van der Waals surface area contributed by atoms with Gasteiger partial charge in [0.15, 0.2) is 0 Å². The summed E-state index contributed by atoms with van der Waals surface area (Å²) in [6, 6.07) is 7.28. The predicted octanol–water partition coefficient (Wildman–Crippen LogP) is -0.107. The molecule has 4 N–H and O–H groups in total. The number of hydrogen-bond donors (Lipinski definition) is 3. The second-order valence-electron chi connectivity index (χ2n) is 4.13. The van der Waals surface area contributed by atoms with Crippen LogP contribution in [0.2, 0.25) is 0 Å². The Hall–Kier alpha value is -3.16. The molecule has 0 aliphatic rings. The van der Waals surface area contributed by atoms with E-state index in [0.717, 1.165) is 11.1 Å². The van der Waals surface area contributed by atoms with Crippen LogP contribution in [0.25, 0.3) is 16.9 Å². The number of H-pyrrole nitrogens is 2. The molecular formula is C12H10N6O2. The van der Waals surface area contributed by atoms with Crippen LogP contribution in [-0.2, 0) is 0 Å². The molecular weight excluding hydrogens is 260 g/mol. The highest BCUT2D eigenvalue weighted by molar-refractivity contribution is 5.66. The van der Waals surface area contributed by atoms with Gasteiger partial charge in [-0.15, -0.1) is 5.10 Å². The number of rotatable bonds is 2. The molecule has 0 atom stereocenters. The smallest absolute Gasteiger partial charge is 0.342 e. The predicted molar refractivity (Wildman–Crippen MR) is 72.4 cm³/mol. The summed E-state index contributed by atoms with van der Waals surface area (Å²) in [5.74, 6) is -0.0141. The van der Waals surface area contributed by atoms with E-state index >= 15 is 0 Å². The normalized spacial score (nSPS) is 10.6. The Morgan fingerprint density at radius 3 is 2.80 bits per heavy atom. The molecule has 0 unspecified atom stereocenters. The first-order chi connectivity index (χ1) is 9.63. The lowest BCUT2D eigenvalue weighted by Gasteiger charge is -1.98. The highest BCUT2D eigenvalue weighted by Crippen LogP contribution is 2.20. The van der Waals surface area contributed by atoms with E-state index in [1.54, 1.807) is 24.5 Å². The molecule has 0 fully saturated rings. The van der Waals surface area contributed by atoms with Crippen molar-refractivity contribution in [2.45, 2.75) is 0 Å². The van der Waals surface area contributed by atoms with E-state index < -0.39 is 11.2 Å². The molecule has 8 nitrogen and oxygen atoms in total. The fourth-order valence-corrected chi connectivity index (χ4v) is 1.80. The zero-order valence-corrected chi connectivity index (χ0v) is 10.2. The van der Waals surface area contributed by atoms with Crippen LogP contribution in [0.5, 0.6) is 0 Å². The number of nitrogen functional groups attached to an aromatic ring is 1. The lowest BCUT2D eigenvalue weighted by Crippen LogP contribution is -2.28. The topological polar surface area (TPSA) is 122 Å². The van der Waals surface area contributed by atoms with Gasteiger partial charge in [0.2, 0.25) is 5.82 Å². The summed E-state index contributed by atoms with van der Waals surface area (Å²) < 4.78 is 1.29.